The molecule has 0 spiro atoms. The van der Waals surface area contributed by atoms with Crippen LogP contribution in [0.1, 0.15) is 27.8 Å². The van der Waals surface area contributed by atoms with Crippen LogP contribution < -0.4 is 4.72 Å². The van der Waals surface area contributed by atoms with E-state index in [1.807, 2.05) is 77.1 Å². The molecule has 4 rings (SSSR count). The second-order valence-corrected chi connectivity index (χ2v) is 10.4. The molecule has 0 atom stereocenters. The molecule has 0 aliphatic rings. The summed E-state index contributed by atoms with van der Waals surface area (Å²) in [6, 6.07) is 15.8. The van der Waals surface area contributed by atoms with Gasteiger partial charge in [-0.3, -0.25) is 4.72 Å². The molecule has 3 aromatic carbocycles. The Hall–Kier alpha value is -2.70. The van der Waals surface area contributed by atoms with Gasteiger partial charge in [-0.05, 0) is 92.8 Å². The van der Waals surface area contributed by atoms with Crippen molar-refractivity contribution in [3.05, 3.63) is 76.3 Å². The molecule has 0 amide bonds. The first-order chi connectivity index (χ1) is 14.2. The van der Waals surface area contributed by atoms with E-state index in [1.165, 1.54) is 0 Å². The fourth-order valence-corrected chi connectivity index (χ4v) is 6.40. The minimum atomic E-state index is -3.70. The summed E-state index contributed by atoms with van der Waals surface area (Å²) in [7, 11) is -3.70. The highest BCUT2D eigenvalue weighted by Gasteiger charge is 2.23. The number of fused-ring (bicyclic) bond motifs is 1. The van der Waals surface area contributed by atoms with Crippen LogP contribution in [0, 0.1) is 34.6 Å². The monoisotopic (exact) mass is 436 g/mol. The second-order valence-electron chi connectivity index (χ2n) is 7.71. The number of aromatic nitrogens is 1. The summed E-state index contributed by atoms with van der Waals surface area (Å²) in [5, 5.41) is 0.926. The molecule has 1 aromatic heterocycles. The molecule has 4 aromatic rings. The lowest BCUT2D eigenvalue weighted by atomic mass is 10.0. The number of sulfonamides is 1. The second kappa shape index (κ2) is 7.52. The van der Waals surface area contributed by atoms with Crippen LogP contribution in [0.4, 0.5) is 5.69 Å². The Labute approximate surface area is 181 Å². The number of benzene rings is 3. The third-order valence-corrected chi connectivity index (χ3v) is 8.30. The summed E-state index contributed by atoms with van der Waals surface area (Å²) in [6.07, 6.45) is 0. The first-order valence-corrected chi connectivity index (χ1v) is 12.0. The van der Waals surface area contributed by atoms with E-state index in [0.29, 0.717) is 10.6 Å². The molecule has 154 valence electrons. The summed E-state index contributed by atoms with van der Waals surface area (Å²) < 4.78 is 30.4. The number of nitrogens with one attached hydrogen (secondary N) is 1. The zero-order valence-electron chi connectivity index (χ0n) is 17.7. The molecule has 0 bridgehead atoms. The van der Waals surface area contributed by atoms with Gasteiger partial charge in [0.1, 0.15) is 5.01 Å². The lowest BCUT2D eigenvalue weighted by molar-refractivity contribution is 0.599. The van der Waals surface area contributed by atoms with Crippen LogP contribution in [-0.2, 0) is 10.0 Å². The van der Waals surface area contributed by atoms with Crippen molar-refractivity contribution in [2.45, 2.75) is 39.5 Å². The van der Waals surface area contributed by atoms with Gasteiger partial charge < -0.3 is 0 Å². The van der Waals surface area contributed by atoms with Crippen molar-refractivity contribution >= 4 is 37.3 Å². The average molecular weight is 437 g/mol. The van der Waals surface area contributed by atoms with E-state index in [-0.39, 0.29) is 0 Å². The Bertz CT molecular complexity index is 1330. The van der Waals surface area contributed by atoms with Gasteiger partial charge in [-0.1, -0.05) is 18.2 Å². The Morgan fingerprint density at radius 1 is 0.833 bits per heavy atom. The number of hydrogen-bond acceptors (Lipinski definition) is 4. The van der Waals surface area contributed by atoms with Crippen molar-refractivity contribution < 1.29 is 8.42 Å². The van der Waals surface area contributed by atoms with E-state index in [2.05, 4.69) is 10.8 Å². The predicted molar refractivity (Wildman–Crippen MR) is 126 cm³/mol. The minimum Gasteiger partial charge on any atom is -0.279 e. The molecule has 0 unspecified atom stereocenters. The molecular formula is C24H24N2O2S2. The third kappa shape index (κ3) is 3.61. The van der Waals surface area contributed by atoms with Gasteiger partial charge in [-0.15, -0.1) is 11.3 Å². The molecule has 30 heavy (non-hydrogen) atoms. The molecule has 1 heterocycles. The van der Waals surface area contributed by atoms with Gasteiger partial charge in [-0.2, -0.15) is 0 Å². The third-order valence-electron chi connectivity index (χ3n) is 5.58. The van der Waals surface area contributed by atoms with E-state index < -0.39 is 10.0 Å². The highest BCUT2D eigenvalue weighted by molar-refractivity contribution is 7.92. The van der Waals surface area contributed by atoms with Crippen LogP contribution in [0.5, 0.6) is 0 Å². The van der Waals surface area contributed by atoms with Gasteiger partial charge in [0.05, 0.1) is 20.8 Å². The van der Waals surface area contributed by atoms with Crippen molar-refractivity contribution in [2.24, 2.45) is 0 Å². The fraction of sp³-hybridized carbons (Fsp3) is 0.208. The zero-order chi connectivity index (χ0) is 21.6. The maximum Gasteiger partial charge on any atom is 0.262 e. The lowest BCUT2D eigenvalue weighted by Crippen LogP contribution is -2.17. The lowest BCUT2D eigenvalue weighted by Gasteiger charge is -2.18. The van der Waals surface area contributed by atoms with Gasteiger partial charge in [-0.25, -0.2) is 13.4 Å². The molecule has 4 nitrogen and oxygen atoms in total. The summed E-state index contributed by atoms with van der Waals surface area (Å²) in [5.74, 6) is 0. The summed E-state index contributed by atoms with van der Waals surface area (Å²) in [4.78, 5) is 5.07. The number of aryl methyl sites for hydroxylation is 3. The number of para-hydroxylation sites is 1. The maximum atomic E-state index is 13.3. The van der Waals surface area contributed by atoms with Crippen LogP contribution in [0.3, 0.4) is 0 Å². The normalized spacial score (nSPS) is 11.8. The van der Waals surface area contributed by atoms with E-state index >= 15 is 0 Å². The van der Waals surface area contributed by atoms with E-state index in [0.717, 1.165) is 48.6 Å². The zero-order valence-corrected chi connectivity index (χ0v) is 19.3. The summed E-state index contributed by atoms with van der Waals surface area (Å²) >= 11 is 1.63. The standard InChI is InChI=1S/C24H24N2O2S2/c1-14-12-15(2)18(5)23(17(14)4)30(27,28)26-20-11-10-19(13-16(20)3)24-25-21-8-6-7-9-22(21)29-24/h6-13,26H,1-5H3. The van der Waals surface area contributed by atoms with Crippen molar-refractivity contribution in [1.82, 2.24) is 4.98 Å². The Kier molecular flexibility index (Phi) is 5.16. The number of nitrogens with zero attached hydrogens (tertiary/aromatic N) is 1. The molecule has 0 aliphatic heterocycles. The SMILES string of the molecule is Cc1cc(-c2nc3ccccc3s2)ccc1NS(=O)(=O)c1c(C)c(C)cc(C)c1C. The average Bonchev–Trinajstić information content (AvgIpc) is 3.12. The predicted octanol–water partition coefficient (Wildman–Crippen LogP) is 6.31. The largest absolute Gasteiger partial charge is 0.279 e. The number of rotatable bonds is 4. The maximum absolute atomic E-state index is 13.3. The van der Waals surface area contributed by atoms with Crippen molar-refractivity contribution in [2.75, 3.05) is 4.72 Å². The van der Waals surface area contributed by atoms with Crippen molar-refractivity contribution in [3.8, 4) is 10.6 Å². The topological polar surface area (TPSA) is 59.1 Å². The number of thiazole rings is 1. The molecular weight excluding hydrogens is 412 g/mol. The number of anilines is 1. The van der Waals surface area contributed by atoms with Crippen molar-refractivity contribution in [1.29, 1.82) is 0 Å². The molecule has 0 fully saturated rings. The quantitative estimate of drug-likeness (QED) is 0.408. The van der Waals surface area contributed by atoms with Gasteiger partial charge in [0.15, 0.2) is 0 Å². The van der Waals surface area contributed by atoms with E-state index in [1.54, 1.807) is 11.3 Å². The van der Waals surface area contributed by atoms with Crippen molar-refractivity contribution in [3.63, 3.8) is 0 Å². The van der Waals surface area contributed by atoms with Crippen LogP contribution >= 0.6 is 11.3 Å². The minimum absolute atomic E-state index is 0.370. The van der Waals surface area contributed by atoms with Gasteiger partial charge >= 0.3 is 0 Å². The Balaban J connectivity index is 1.71. The summed E-state index contributed by atoms with van der Waals surface area (Å²) in [6.45, 7) is 9.52. The van der Waals surface area contributed by atoms with Crippen LogP contribution in [0.2, 0.25) is 0 Å². The van der Waals surface area contributed by atoms with Gasteiger partial charge in [0, 0.05) is 5.56 Å². The summed E-state index contributed by atoms with van der Waals surface area (Å²) in [5.41, 5.74) is 6.91. The van der Waals surface area contributed by atoms with E-state index in [9.17, 15) is 8.42 Å². The highest BCUT2D eigenvalue weighted by atomic mass is 32.2. The van der Waals surface area contributed by atoms with Gasteiger partial charge in [0.25, 0.3) is 10.0 Å². The molecule has 0 saturated heterocycles. The first-order valence-electron chi connectivity index (χ1n) is 9.74. The molecule has 6 heteroatoms. The van der Waals surface area contributed by atoms with Gasteiger partial charge in [0.2, 0.25) is 0 Å². The highest BCUT2D eigenvalue weighted by Crippen LogP contribution is 2.33. The number of hydrogen-bond donors (Lipinski definition) is 1. The van der Waals surface area contributed by atoms with Crippen LogP contribution in [-0.4, -0.2) is 13.4 Å². The van der Waals surface area contributed by atoms with E-state index in [4.69, 9.17) is 4.98 Å². The molecule has 0 aliphatic carbocycles. The Morgan fingerprint density at radius 2 is 1.50 bits per heavy atom. The Morgan fingerprint density at radius 3 is 2.13 bits per heavy atom. The molecule has 0 saturated carbocycles. The van der Waals surface area contributed by atoms with Crippen LogP contribution in [0.25, 0.3) is 20.8 Å². The molecule has 1 N–H and O–H groups in total. The molecule has 0 radical (unpaired) electrons. The fourth-order valence-electron chi connectivity index (χ4n) is 3.69. The first kappa shape index (κ1) is 20.6. The van der Waals surface area contributed by atoms with Crippen LogP contribution in [0.15, 0.2) is 53.4 Å². The smallest absolute Gasteiger partial charge is 0.262 e.